The van der Waals surface area contributed by atoms with Crippen LogP contribution in [0, 0.1) is 0 Å². The first-order chi connectivity index (χ1) is 5.99. The highest BCUT2D eigenvalue weighted by atomic mass is 16.6. The van der Waals surface area contributed by atoms with E-state index in [0.29, 0.717) is 0 Å². The summed E-state index contributed by atoms with van der Waals surface area (Å²) in [6.45, 7) is 8.33. The Labute approximate surface area is 75.8 Å². The van der Waals surface area contributed by atoms with Gasteiger partial charge in [0.05, 0.1) is 5.57 Å². The lowest BCUT2D eigenvalue weighted by molar-refractivity contribution is -0.150. The van der Waals surface area contributed by atoms with Gasteiger partial charge in [-0.05, 0) is 6.92 Å². The van der Waals surface area contributed by atoms with E-state index < -0.39 is 17.5 Å². The standard InChI is InChI=1S/C9H10O4/c1-4-7(10)13-9(3)5-12-8(11)6(9)2/h4H,1-2,5H2,3H3. The largest absolute Gasteiger partial charge is 0.458 e. The van der Waals surface area contributed by atoms with Crippen molar-refractivity contribution in [1.29, 1.82) is 0 Å². The third-order valence-corrected chi connectivity index (χ3v) is 1.86. The number of carbonyl (C=O) groups excluding carboxylic acids is 2. The second-order valence-corrected chi connectivity index (χ2v) is 2.91. The number of carbonyl (C=O) groups is 2. The molecule has 0 aromatic rings. The summed E-state index contributed by atoms with van der Waals surface area (Å²) in [5.74, 6) is -1.12. The second kappa shape index (κ2) is 3.05. The molecule has 1 aliphatic rings. The molecule has 0 amide bonds. The predicted molar refractivity (Wildman–Crippen MR) is 44.8 cm³/mol. The van der Waals surface area contributed by atoms with E-state index in [1.54, 1.807) is 6.92 Å². The third kappa shape index (κ3) is 1.61. The highest BCUT2D eigenvalue weighted by molar-refractivity contribution is 5.93. The lowest BCUT2D eigenvalue weighted by atomic mass is 10.0. The Morgan fingerprint density at radius 2 is 2.38 bits per heavy atom. The van der Waals surface area contributed by atoms with Gasteiger partial charge >= 0.3 is 11.9 Å². The molecule has 0 radical (unpaired) electrons. The molecule has 0 aliphatic carbocycles. The van der Waals surface area contributed by atoms with Crippen LogP contribution in [0.5, 0.6) is 0 Å². The van der Waals surface area contributed by atoms with E-state index in [2.05, 4.69) is 17.9 Å². The minimum atomic E-state index is -1.04. The molecule has 1 rings (SSSR count). The van der Waals surface area contributed by atoms with Crippen molar-refractivity contribution in [1.82, 2.24) is 0 Å². The lowest BCUT2D eigenvalue weighted by Crippen LogP contribution is -2.33. The molecule has 1 unspecified atom stereocenters. The van der Waals surface area contributed by atoms with Crippen molar-refractivity contribution in [2.45, 2.75) is 12.5 Å². The highest BCUT2D eigenvalue weighted by Gasteiger charge is 2.43. The Kier molecular flexibility index (Phi) is 2.23. The predicted octanol–water partition coefficient (Wildman–Crippen LogP) is 0.587. The van der Waals surface area contributed by atoms with Crippen LogP contribution in [-0.2, 0) is 19.1 Å². The minimum Gasteiger partial charge on any atom is -0.458 e. The maximum Gasteiger partial charge on any atom is 0.337 e. The molecule has 1 heterocycles. The Bertz CT molecular complexity index is 292. The Balaban J connectivity index is 2.78. The van der Waals surface area contributed by atoms with E-state index in [1.165, 1.54) is 0 Å². The Hall–Kier alpha value is -1.58. The molecule has 70 valence electrons. The monoisotopic (exact) mass is 182 g/mol. The molecule has 0 bridgehead atoms. The summed E-state index contributed by atoms with van der Waals surface area (Å²) in [6.07, 6.45) is 1.03. The zero-order valence-electron chi connectivity index (χ0n) is 7.33. The number of cyclic esters (lactones) is 1. The van der Waals surface area contributed by atoms with Crippen molar-refractivity contribution in [2.24, 2.45) is 0 Å². The molecule has 1 fully saturated rings. The number of esters is 2. The molecular weight excluding hydrogens is 172 g/mol. The van der Waals surface area contributed by atoms with Crippen LogP contribution in [0.25, 0.3) is 0 Å². The number of ether oxygens (including phenoxy) is 2. The van der Waals surface area contributed by atoms with E-state index in [-0.39, 0.29) is 12.2 Å². The van der Waals surface area contributed by atoms with Crippen LogP contribution in [0.15, 0.2) is 24.8 Å². The summed E-state index contributed by atoms with van der Waals surface area (Å²) in [4.78, 5) is 21.8. The van der Waals surface area contributed by atoms with Gasteiger partial charge in [-0.25, -0.2) is 9.59 Å². The van der Waals surface area contributed by atoms with Crippen LogP contribution in [0.1, 0.15) is 6.92 Å². The Morgan fingerprint density at radius 1 is 1.77 bits per heavy atom. The van der Waals surface area contributed by atoms with Gasteiger partial charge in [0.25, 0.3) is 0 Å². The van der Waals surface area contributed by atoms with Crippen LogP contribution in [0.2, 0.25) is 0 Å². The topological polar surface area (TPSA) is 52.6 Å². The average molecular weight is 182 g/mol. The molecule has 1 atom stereocenters. The van der Waals surface area contributed by atoms with Gasteiger partial charge in [-0.3, -0.25) is 0 Å². The molecule has 0 saturated carbocycles. The number of hydrogen-bond acceptors (Lipinski definition) is 4. The molecule has 13 heavy (non-hydrogen) atoms. The summed E-state index contributed by atoms with van der Waals surface area (Å²) in [7, 11) is 0. The van der Waals surface area contributed by atoms with Crippen LogP contribution in [0.3, 0.4) is 0 Å². The van der Waals surface area contributed by atoms with E-state index in [1.807, 2.05) is 0 Å². The van der Waals surface area contributed by atoms with Crippen molar-refractivity contribution in [3.63, 3.8) is 0 Å². The first-order valence-corrected chi connectivity index (χ1v) is 3.71. The lowest BCUT2D eigenvalue weighted by Gasteiger charge is -2.20. The van der Waals surface area contributed by atoms with E-state index in [4.69, 9.17) is 4.74 Å². The maximum atomic E-state index is 10.9. The molecule has 1 aliphatic heterocycles. The van der Waals surface area contributed by atoms with Crippen molar-refractivity contribution in [3.8, 4) is 0 Å². The summed E-state index contributed by atoms with van der Waals surface area (Å²) < 4.78 is 9.60. The number of rotatable bonds is 2. The zero-order chi connectivity index (χ0) is 10.1. The van der Waals surface area contributed by atoms with Gasteiger partial charge in [-0.2, -0.15) is 0 Å². The van der Waals surface area contributed by atoms with Crippen molar-refractivity contribution >= 4 is 11.9 Å². The fourth-order valence-electron chi connectivity index (χ4n) is 0.948. The van der Waals surface area contributed by atoms with Crippen molar-refractivity contribution in [3.05, 3.63) is 24.8 Å². The zero-order valence-corrected chi connectivity index (χ0v) is 7.33. The van der Waals surface area contributed by atoms with Crippen molar-refractivity contribution in [2.75, 3.05) is 6.61 Å². The van der Waals surface area contributed by atoms with E-state index in [0.717, 1.165) is 6.08 Å². The van der Waals surface area contributed by atoms with Gasteiger partial charge in [0.1, 0.15) is 6.61 Å². The highest BCUT2D eigenvalue weighted by Crippen LogP contribution is 2.28. The molecule has 4 nitrogen and oxygen atoms in total. The smallest absolute Gasteiger partial charge is 0.337 e. The quantitative estimate of drug-likeness (QED) is 0.463. The van der Waals surface area contributed by atoms with Gasteiger partial charge < -0.3 is 9.47 Å². The van der Waals surface area contributed by atoms with Gasteiger partial charge in [0, 0.05) is 6.08 Å². The first-order valence-electron chi connectivity index (χ1n) is 3.71. The van der Waals surface area contributed by atoms with Crippen LogP contribution >= 0.6 is 0 Å². The maximum absolute atomic E-state index is 10.9. The fourth-order valence-corrected chi connectivity index (χ4v) is 0.948. The summed E-state index contributed by atoms with van der Waals surface area (Å²) in [6, 6.07) is 0. The molecular formula is C9H10O4. The number of hydrogen-bond donors (Lipinski definition) is 0. The molecule has 0 N–H and O–H groups in total. The first kappa shape index (κ1) is 9.51. The average Bonchev–Trinajstić information content (AvgIpc) is 2.34. The van der Waals surface area contributed by atoms with Gasteiger partial charge in [0.2, 0.25) is 0 Å². The summed E-state index contributed by atoms with van der Waals surface area (Å²) in [5, 5.41) is 0. The normalized spacial score (nSPS) is 26.8. The summed E-state index contributed by atoms with van der Waals surface area (Å²) in [5.41, 5.74) is -0.884. The van der Waals surface area contributed by atoms with E-state index >= 15 is 0 Å². The molecule has 0 aromatic heterocycles. The van der Waals surface area contributed by atoms with Gasteiger partial charge in [-0.1, -0.05) is 13.2 Å². The van der Waals surface area contributed by atoms with Crippen LogP contribution in [0.4, 0.5) is 0 Å². The van der Waals surface area contributed by atoms with Gasteiger partial charge in [-0.15, -0.1) is 0 Å². The van der Waals surface area contributed by atoms with Gasteiger partial charge in [0.15, 0.2) is 5.60 Å². The third-order valence-electron chi connectivity index (χ3n) is 1.86. The molecule has 1 saturated heterocycles. The molecule has 0 spiro atoms. The minimum absolute atomic E-state index is 0.0181. The van der Waals surface area contributed by atoms with Crippen molar-refractivity contribution < 1.29 is 19.1 Å². The fraction of sp³-hybridized carbons (Fsp3) is 0.333. The van der Waals surface area contributed by atoms with Crippen LogP contribution < -0.4 is 0 Å². The second-order valence-electron chi connectivity index (χ2n) is 2.91. The van der Waals surface area contributed by atoms with Crippen LogP contribution in [-0.4, -0.2) is 24.1 Å². The molecule has 0 aromatic carbocycles. The Morgan fingerprint density at radius 3 is 2.77 bits per heavy atom. The van der Waals surface area contributed by atoms with E-state index in [9.17, 15) is 9.59 Å². The SMILES string of the molecule is C=CC(=O)OC1(C)COC(=O)C1=C. The molecule has 4 heteroatoms. The summed E-state index contributed by atoms with van der Waals surface area (Å²) >= 11 is 0.